The van der Waals surface area contributed by atoms with E-state index in [0.29, 0.717) is 21.6 Å². The fraction of sp³-hybridized carbons (Fsp3) is 0.147. The van der Waals surface area contributed by atoms with Crippen molar-refractivity contribution in [2.75, 3.05) is 16.8 Å². The average molecular weight is 608 g/mol. The van der Waals surface area contributed by atoms with E-state index in [1.807, 2.05) is 97.1 Å². The van der Waals surface area contributed by atoms with Gasteiger partial charge < -0.3 is 24.8 Å². The largest absolute Gasteiger partial charge is 0.484 e. The minimum atomic E-state index is -0.238. The Morgan fingerprint density at radius 1 is 0.953 bits per heavy atom. The number of nitrogens with one attached hydrogen (secondary N) is 2. The molecule has 3 heterocycles. The van der Waals surface area contributed by atoms with Crippen LogP contribution >= 0.6 is 23.8 Å². The van der Waals surface area contributed by atoms with E-state index in [1.54, 1.807) is 6.20 Å². The van der Waals surface area contributed by atoms with Gasteiger partial charge in [-0.05, 0) is 110 Å². The van der Waals surface area contributed by atoms with E-state index in [4.69, 9.17) is 28.6 Å². The number of carbonyl (C=O) groups excluding carboxylic acids is 1. The number of carbonyl (C=O) groups is 1. The second kappa shape index (κ2) is 12.3. The topological polar surface area (TPSA) is 71.4 Å². The Bertz CT molecular complexity index is 1740. The molecular formula is C34H30ClN5O2S. The zero-order chi connectivity index (χ0) is 29.9. The first-order valence-electron chi connectivity index (χ1n) is 13.9. The van der Waals surface area contributed by atoms with Crippen molar-refractivity contribution in [1.29, 1.82) is 0 Å². The van der Waals surface area contributed by atoms with Crippen LogP contribution in [0.25, 0.3) is 5.69 Å². The summed E-state index contributed by atoms with van der Waals surface area (Å²) < 4.78 is 7.81. The Kier molecular flexibility index (Phi) is 8.13. The summed E-state index contributed by atoms with van der Waals surface area (Å²) in [4.78, 5) is 19.3. The van der Waals surface area contributed by atoms with Crippen LogP contribution in [0.2, 0.25) is 5.02 Å². The number of thiocarbonyl (C=S) groups is 1. The van der Waals surface area contributed by atoms with Gasteiger partial charge in [-0.25, -0.2) is 0 Å². The molecule has 9 heteroatoms. The summed E-state index contributed by atoms with van der Waals surface area (Å²) in [5, 5.41) is 7.74. The molecule has 1 amide bonds. The molecule has 7 nitrogen and oxygen atoms in total. The SMILES string of the molecule is Cc1cc([C@@H]2[C@H](c3ccccn3)NC(=S)N2c2ccc(NC(=O)COc3ccccc3)cc2)c(C)n1-c1ccc(Cl)cc1. The van der Waals surface area contributed by atoms with E-state index < -0.39 is 0 Å². The highest BCUT2D eigenvalue weighted by atomic mass is 35.5. The highest BCUT2D eigenvalue weighted by molar-refractivity contribution is 7.80. The number of hydrogen-bond donors (Lipinski definition) is 2. The van der Waals surface area contributed by atoms with Crippen molar-refractivity contribution in [2.45, 2.75) is 25.9 Å². The lowest BCUT2D eigenvalue weighted by atomic mass is 9.96. The van der Waals surface area contributed by atoms with Gasteiger partial charge in [-0.2, -0.15) is 0 Å². The van der Waals surface area contributed by atoms with Gasteiger partial charge in [-0.3, -0.25) is 9.78 Å². The summed E-state index contributed by atoms with van der Waals surface area (Å²) in [7, 11) is 0. The normalized spacial score (nSPS) is 16.2. The van der Waals surface area contributed by atoms with Gasteiger partial charge >= 0.3 is 0 Å². The summed E-state index contributed by atoms with van der Waals surface area (Å²) in [5.74, 6) is 0.407. The Morgan fingerprint density at radius 2 is 1.65 bits per heavy atom. The summed E-state index contributed by atoms with van der Waals surface area (Å²) in [6.07, 6.45) is 1.80. The Morgan fingerprint density at radius 3 is 2.35 bits per heavy atom. The van der Waals surface area contributed by atoms with Crippen LogP contribution in [0.3, 0.4) is 0 Å². The van der Waals surface area contributed by atoms with Gasteiger partial charge in [0.15, 0.2) is 11.7 Å². The van der Waals surface area contributed by atoms with Crippen molar-refractivity contribution in [3.8, 4) is 11.4 Å². The second-order valence-corrected chi connectivity index (χ2v) is 11.2. The van der Waals surface area contributed by atoms with Crippen molar-refractivity contribution in [3.05, 3.63) is 137 Å². The quantitative estimate of drug-likeness (QED) is 0.180. The van der Waals surface area contributed by atoms with Gasteiger partial charge in [-0.15, -0.1) is 0 Å². The third kappa shape index (κ3) is 5.98. The molecule has 0 spiro atoms. The monoisotopic (exact) mass is 607 g/mol. The number of aromatic nitrogens is 2. The Labute approximate surface area is 261 Å². The number of pyridine rings is 1. The van der Waals surface area contributed by atoms with Crippen molar-refractivity contribution < 1.29 is 9.53 Å². The molecule has 1 aliphatic heterocycles. The first-order chi connectivity index (χ1) is 20.9. The smallest absolute Gasteiger partial charge is 0.262 e. The van der Waals surface area contributed by atoms with Crippen LogP contribution in [0, 0.1) is 13.8 Å². The molecule has 1 saturated heterocycles. The number of halogens is 1. The van der Waals surface area contributed by atoms with Crippen LogP contribution in [0.15, 0.2) is 109 Å². The minimum absolute atomic E-state index is 0.0804. The molecule has 0 bridgehead atoms. The molecule has 6 rings (SSSR count). The fourth-order valence-electron chi connectivity index (χ4n) is 5.59. The highest BCUT2D eigenvalue weighted by Gasteiger charge is 2.42. The number of rotatable bonds is 8. The molecule has 2 aromatic heterocycles. The number of ether oxygens (including phenoxy) is 1. The van der Waals surface area contributed by atoms with E-state index in [-0.39, 0.29) is 24.6 Å². The molecule has 2 atom stereocenters. The third-order valence-electron chi connectivity index (χ3n) is 7.51. The maximum atomic E-state index is 12.5. The number of benzene rings is 3. The van der Waals surface area contributed by atoms with Gasteiger partial charge in [-0.1, -0.05) is 35.9 Å². The molecule has 216 valence electrons. The molecule has 2 N–H and O–H groups in total. The van der Waals surface area contributed by atoms with Crippen molar-refractivity contribution in [3.63, 3.8) is 0 Å². The lowest BCUT2D eigenvalue weighted by molar-refractivity contribution is -0.118. The molecule has 3 aromatic carbocycles. The van der Waals surface area contributed by atoms with Crippen LogP contribution in [0.5, 0.6) is 5.75 Å². The van der Waals surface area contributed by atoms with Gasteiger partial charge in [0, 0.05) is 39.7 Å². The predicted molar refractivity (Wildman–Crippen MR) is 175 cm³/mol. The molecule has 0 unspecified atom stereocenters. The third-order valence-corrected chi connectivity index (χ3v) is 8.08. The summed E-state index contributed by atoms with van der Waals surface area (Å²) in [6, 6.07) is 32.6. The molecule has 0 saturated carbocycles. The maximum absolute atomic E-state index is 12.5. The summed E-state index contributed by atoms with van der Waals surface area (Å²) in [5.41, 5.74) is 6.84. The average Bonchev–Trinajstić information content (AvgIpc) is 3.52. The highest BCUT2D eigenvalue weighted by Crippen LogP contribution is 2.44. The zero-order valence-electron chi connectivity index (χ0n) is 23.7. The lowest BCUT2D eigenvalue weighted by Crippen LogP contribution is -2.29. The number of anilines is 2. The van der Waals surface area contributed by atoms with Gasteiger partial charge in [0.1, 0.15) is 5.75 Å². The lowest BCUT2D eigenvalue weighted by Gasteiger charge is -2.28. The van der Waals surface area contributed by atoms with Crippen LogP contribution in [0.4, 0.5) is 11.4 Å². The Balaban J connectivity index is 1.30. The minimum Gasteiger partial charge on any atom is -0.484 e. The first kappa shape index (κ1) is 28.5. The van der Waals surface area contributed by atoms with Gasteiger partial charge in [0.25, 0.3) is 5.91 Å². The molecule has 0 aliphatic carbocycles. The summed E-state index contributed by atoms with van der Waals surface area (Å²) >= 11 is 12.1. The van der Waals surface area contributed by atoms with E-state index in [1.165, 1.54) is 0 Å². The van der Waals surface area contributed by atoms with Crippen LogP contribution in [0.1, 0.15) is 34.7 Å². The Hall–Kier alpha value is -4.66. The van der Waals surface area contributed by atoms with Crippen LogP contribution in [-0.4, -0.2) is 27.2 Å². The van der Waals surface area contributed by atoms with Crippen molar-refractivity contribution >= 4 is 46.2 Å². The zero-order valence-corrected chi connectivity index (χ0v) is 25.3. The van der Waals surface area contributed by atoms with Crippen molar-refractivity contribution in [2.24, 2.45) is 0 Å². The van der Waals surface area contributed by atoms with Crippen LogP contribution < -0.4 is 20.3 Å². The number of para-hydroxylation sites is 1. The van der Waals surface area contributed by atoms with E-state index in [0.717, 1.165) is 34.0 Å². The number of amides is 1. The first-order valence-corrected chi connectivity index (χ1v) is 14.7. The molecular weight excluding hydrogens is 578 g/mol. The maximum Gasteiger partial charge on any atom is 0.262 e. The van der Waals surface area contributed by atoms with E-state index in [9.17, 15) is 4.79 Å². The second-order valence-electron chi connectivity index (χ2n) is 10.3. The number of aryl methyl sites for hydroxylation is 1. The summed E-state index contributed by atoms with van der Waals surface area (Å²) in [6.45, 7) is 4.15. The fourth-order valence-corrected chi connectivity index (χ4v) is 6.06. The molecule has 1 fully saturated rings. The predicted octanol–water partition coefficient (Wildman–Crippen LogP) is 7.34. The van der Waals surface area contributed by atoms with Crippen LogP contribution in [-0.2, 0) is 4.79 Å². The standard InChI is InChI=1S/C34H30ClN5O2S/c1-22-20-29(23(2)39(22)26-15-11-24(35)12-16-26)33-32(30-10-6-7-19-36-30)38-34(43)40(33)27-17-13-25(14-18-27)37-31(41)21-42-28-8-4-3-5-9-28/h3-20,32-33H,21H2,1-2H3,(H,37,41)(H,38,43)/t32-,33+/m0/s1. The molecule has 0 radical (unpaired) electrons. The van der Waals surface area contributed by atoms with E-state index in [2.05, 4.69) is 45.0 Å². The van der Waals surface area contributed by atoms with Gasteiger partial charge in [0.2, 0.25) is 0 Å². The number of nitrogens with zero attached hydrogens (tertiary/aromatic N) is 3. The van der Waals surface area contributed by atoms with E-state index >= 15 is 0 Å². The molecule has 5 aromatic rings. The molecule has 43 heavy (non-hydrogen) atoms. The molecule has 1 aliphatic rings. The van der Waals surface area contributed by atoms with Crippen molar-refractivity contribution in [1.82, 2.24) is 14.9 Å². The number of hydrogen-bond acceptors (Lipinski definition) is 4. The van der Waals surface area contributed by atoms with Gasteiger partial charge in [0.05, 0.1) is 17.8 Å².